The molecule has 0 aromatic heterocycles. The molecule has 172 valence electrons. The lowest BCUT2D eigenvalue weighted by atomic mass is 10.1. The van der Waals surface area contributed by atoms with Crippen LogP contribution in [0.15, 0.2) is 59.6 Å². The number of hydrogen-bond donors (Lipinski definition) is 2. The maximum atomic E-state index is 13.2. The average Bonchev–Trinajstić information content (AvgIpc) is 3.33. The van der Waals surface area contributed by atoms with E-state index in [1.807, 2.05) is 35.2 Å². The van der Waals surface area contributed by atoms with Crippen molar-refractivity contribution in [2.45, 2.75) is 6.17 Å². The molecule has 2 N–H and O–H groups in total. The second-order valence-electron chi connectivity index (χ2n) is 8.13. The van der Waals surface area contributed by atoms with Crippen LogP contribution in [0.1, 0.15) is 0 Å². The van der Waals surface area contributed by atoms with Crippen molar-refractivity contribution < 1.29 is 14.0 Å². The van der Waals surface area contributed by atoms with Crippen molar-refractivity contribution in [3.05, 3.63) is 60.4 Å². The summed E-state index contributed by atoms with van der Waals surface area (Å²) in [6.45, 7) is 3.10. The summed E-state index contributed by atoms with van der Waals surface area (Å²) < 4.78 is 13.2. The Balaban J connectivity index is 1.23. The van der Waals surface area contributed by atoms with E-state index in [0.29, 0.717) is 37.9 Å². The highest BCUT2D eigenvalue weighted by atomic mass is 32.2. The van der Waals surface area contributed by atoms with E-state index in [1.54, 1.807) is 17.0 Å². The zero-order chi connectivity index (χ0) is 22.8. The number of thioether (sulfide) groups is 1. The van der Waals surface area contributed by atoms with E-state index in [-0.39, 0.29) is 35.5 Å². The topological polar surface area (TPSA) is 80.3 Å². The number of hydrogen-bond acceptors (Lipinski definition) is 7. The third-order valence-electron chi connectivity index (χ3n) is 6.09. The molecule has 0 aliphatic carbocycles. The van der Waals surface area contributed by atoms with Gasteiger partial charge in [-0.15, -0.1) is 0 Å². The lowest BCUT2D eigenvalue weighted by molar-refractivity contribution is -0.128. The normalized spacial score (nSPS) is 22.9. The molecule has 2 unspecified atom stereocenters. The SMILES string of the molecule is O=C(CSC1=NC2NNCC2C(=O)N1c1ccccc1)N1CCN(c2ccc(F)cc2)CC1. The molecule has 33 heavy (non-hydrogen) atoms. The maximum absolute atomic E-state index is 13.2. The van der Waals surface area contributed by atoms with Crippen LogP contribution in [0.5, 0.6) is 0 Å². The van der Waals surface area contributed by atoms with Gasteiger partial charge in [-0.1, -0.05) is 30.0 Å². The van der Waals surface area contributed by atoms with Crippen molar-refractivity contribution in [1.29, 1.82) is 0 Å². The van der Waals surface area contributed by atoms with Gasteiger partial charge >= 0.3 is 0 Å². The summed E-state index contributed by atoms with van der Waals surface area (Å²) in [5.74, 6) is -0.336. The Hall–Kier alpha value is -2.95. The summed E-state index contributed by atoms with van der Waals surface area (Å²) in [4.78, 5) is 36.5. The first kappa shape index (κ1) is 21.9. The Kier molecular flexibility index (Phi) is 6.30. The lowest BCUT2D eigenvalue weighted by Crippen LogP contribution is -2.51. The molecule has 2 atom stereocenters. The first-order valence-electron chi connectivity index (χ1n) is 11.0. The highest BCUT2D eigenvalue weighted by Gasteiger charge is 2.42. The largest absolute Gasteiger partial charge is 0.368 e. The average molecular weight is 469 g/mol. The fourth-order valence-corrected chi connectivity index (χ4v) is 5.21. The molecule has 5 rings (SSSR count). The summed E-state index contributed by atoms with van der Waals surface area (Å²) in [5, 5.41) is 0.530. The number of halogens is 1. The quantitative estimate of drug-likeness (QED) is 0.711. The molecule has 3 aliphatic rings. The monoisotopic (exact) mass is 468 g/mol. The molecule has 0 saturated carbocycles. The number of rotatable bonds is 4. The summed E-state index contributed by atoms with van der Waals surface area (Å²) in [6.07, 6.45) is -0.325. The van der Waals surface area contributed by atoms with Gasteiger partial charge < -0.3 is 9.80 Å². The molecule has 2 fully saturated rings. The molecular weight excluding hydrogens is 443 g/mol. The van der Waals surface area contributed by atoms with Crippen molar-refractivity contribution in [3.63, 3.8) is 0 Å². The molecule has 0 spiro atoms. The van der Waals surface area contributed by atoms with Gasteiger partial charge in [-0.05, 0) is 36.4 Å². The Labute approximate surface area is 195 Å². The summed E-state index contributed by atoms with van der Waals surface area (Å²) in [6, 6.07) is 15.8. The predicted octanol–water partition coefficient (Wildman–Crippen LogP) is 1.66. The maximum Gasteiger partial charge on any atom is 0.241 e. The second-order valence-corrected chi connectivity index (χ2v) is 9.07. The zero-order valence-corrected chi connectivity index (χ0v) is 18.8. The van der Waals surface area contributed by atoms with Crippen LogP contribution < -0.4 is 20.7 Å². The Bertz CT molecular complexity index is 1040. The van der Waals surface area contributed by atoms with Crippen molar-refractivity contribution in [2.24, 2.45) is 10.9 Å². The first-order chi connectivity index (χ1) is 16.1. The molecular formula is C23H25FN6O2S. The number of aliphatic imine (C=N–C) groups is 1. The number of piperazine rings is 1. The van der Waals surface area contributed by atoms with E-state index in [1.165, 1.54) is 23.9 Å². The molecule has 3 heterocycles. The summed E-state index contributed by atoms with van der Waals surface area (Å²) in [7, 11) is 0. The molecule has 0 radical (unpaired) electrons. The fraction of sp³-hybridized carbons (Fsp3) is 0.348. The number of nitrogens with one attached hydrogen (secondary N) is 2. The van der Waals surface area contributed by atoms with Crippen LogP contribution in [0, 0.1) is 11.7 Å². The minimum atomic E-state index is -0.325. The van der Waals surface area contributed by atoms with Crippen molar-refractivity contribution in [2.75, 3.05) is 48.3 Å². The number of amides is 2. The van der Waals surface area contributed by atoms with Gasteiger partial charge in [-0.2, -0.15) is 0 Å². The number of fused-ring (bicyclic) bond motifs is 1. The molecule has 10 heteroatoms. The standard InChI is InChI=1S/C23H25FN6O2S/c24-16-6-8-17(9-7-16)28-10-12-29(13-11-28)20(31)15-33-23-26-21-19(14-25-27-21)22(32)30(23)18-4-2-1-3-5-18/h1-9,19,21,25,27H,10-15H2. The first-order valence-corrected chi connectivity index (χ1v) is 11.9. The van der Waals surface area contributed by atoms with Gasteiger partial charge in [-0.25, -0.2) is 14.8 Å². The van der Waals surface area contributed by atoms with Crippen LogP contribution in [0.2, 0.25) is 0 Å². The zero-order valence-electron chi connectivity index (χ0n) is 18.0. The molecule has 2 aromatic rings. The van der Waals surface area contributed by atoms with Crippen LogP contribution in [0.25, 0.3) is 0 Å². The Morgan fingerprint density at radius 1 is 1.03 bits per heavy atom. The highest BCUT2D eigenvalue weighted by molar-refractivity contribution is 8.14. The van der Waals surface area contributed by atoms with E-state index in [0.717, 1.165) is 11.4 Å². The van der Waals surface area contributed by atoms with Crippen LogP contribution in [-0.4, -0.2) is 66.5 Å². The molecule has 0 bridgehead atoms. The summed E-state index contributed by atoms with van der Waals surface area (Å²) >= 11 is 1.29. The van der Waals surface area contributed by atoms with Crippen LogP contribution in [0.3, 0.4) is 0 Å². The third kappa shape index (κ3) is 4.59. The molecule has 2 amide bonds. The van der Waals surface area contributed by atoms with Gasteiger partial charge in [0.1, 0.15) is 12.0 Å². The second kappa shape index (κ2) is 9.50. The van der Waals surface area contributed by atoms with Gasteiger partial charge in [0.25, 0.3) is 0 Å². The third-order valence-corrected chi connectivity index (χ3v) is 7.03. The number of carbonyl (C=O) groups excluding carboxylic acids is 2. The van der Waals surface area contributed by atoms with Gasteiger partial charge in [0.05, 0.1) is 17.4 Å². The van der Waals surface area contributed by atoms with Gasteiger partial charge in [-0.3, -0.25) is 19.9 Å². The molecule has 3 aliphatic heterocycles. The van der Waals surface area contributed by atoms with Crippen LogP contribution in [0.4, 0.5) is 15.8 Å². The lowest BCUT2D eigenvalue weighted by Gasteiger charge is -2.36. The number of carbonyl (C=O) groups is 2. The van der Waals surface area contributed by atoms with Crippen molar-refractivity contribution in [3.8, 4) is 0 Å². The summed E-state index contributed by atoms with van der Waals surface area (Å²) in [5.41, 5.74) is 7.76. The number of nitrogens with zero attached hydrogens (tertiary/aromatic N) is 4. The number of para-hydroxylation sites is 1. The Morgan fingerprint density at radius 2 is 1.76 bits per heavy atom. The number of hydrazine groups is 1. The van der Waals surface area contributed by atoms with Gasteiger partial charge in [0.15, 0.2) is 5.17 Å². The van der Waals surface area contributed by atoms with E-state index in [4.69, 9.17) is 4.99 Å². The molecule has 2 saturated heterocycles. The van der Waals surface area contributed by atoms with Crippen LogP contribution >= 0.6 is 11.8 Å². The van der Waals surface area contributed by atoms with Gasteiger partial charge in [0.2, 0.25) is 11.8 Å². The highest BCUT2D eigenvalue weighted by Crippen LogP contribution is 2.29. The molecule has 8 nitrogen and oxygen atoms in total. The van der Waals surface area contributed by atoms with Crippen LogP contribution in [-0.2, 0) is 9.59 Å². The fourth-order valence-electron chi connectivity index (χ4n) is 4.27. The van der Waals surface area contributed by atoms with E-state index >= 15 is 0 Å². The van der Waals surface area contributed by atoms with Crippen molar-refractivity contribution in [1.82, 2.24) is 15.8 Å². The van der Waals surface area contributed by atoms with Crippen molar-refractivity contribution >= 4 is 40.1 Å². The van der Waals surface area contributed by atoms with E-state index in [9.17, 15) is 14.0 Å². The number of anilines is 2. The predicted molar refractivity (Wildman–Crippen MR) is 127 cm³/mol. The van der Waals surface area contributed by atoms with E-state index < -0.39 is 0 Å². The minimum Gasteiger partial charge on any atom is -0.368 e. The van der Waals surface area contributed by atoms with Gasteiger partial charge in [0, 0.05) is 38.4 Å². The minimum absolute atomic E-state index is 0.0153. The number of benzene rings is 2. The van der Waals surface area contributed by atoms with E-state index in [2.05, 4.69) is 15.8 Å². The number of amidine groups is 1. The Morgan fingerprint density at radius 3 is 2.48 bits per heavy atom. The smallest absolute Gasteiger partial charge is 0.241 e. The molecule has 2 aromatic carbocycles.